The Balaban J connectivity index is 2.57. The molecule has 4 unspecified atom stereocenters. The van der Waals surface area contributed by atoms with Crippen LogP contribution in [0.25, 0.3) is 0 Å². The smallest absolute Gasteiger partial charge is 0.317 e. The molecule has 0 aliphatic heterocycles. The number of H-pyrrole nitrogens is 1. The fraction of sp³-hybridized carbons (Fsp3) is 0.556. The van der Waals surface area contributed by atoms with Crippen molar-refractivity contribution in [2.75, 3.05) is 13.2 Å². The maximum Gasteiger partial charge on any atom is 0.317 e. The zero-order valence-electron chi connectivity index (χ0n) is 14.7. The second-order valence-electron chi connectivity index (χ2n) is 6.32. The first-order valence-corrected chi connectivity index (χ1v) is 8.37. The third-order valence-electron chi connectivity index (χ3n) is 4.46. The molecule has 1 aliphatic carbocycles. The van der Waals surface area contributed by atoms with Gasteiger partial charge < -0.3 is 14.6 Å². The van der Waals surface area contributed by atoms with E-state index in [1.54, 1.807) is 38.4 Å². The summed E-state index contributed by atoms with van der Waals surface area (Å²) in [4.78, 5) is 40.5. The molecule has 1 fully saturated rings. The maximum atomic E-state index is 12.6. The number of aliphatic hydroxyl groups is 1. The van der Waals surface area contributed by atoms with Crippen molar-refractivity contribution >= 4 is 17.7 Å². The molecular weight excluding hydrogens is 326 g/mol. The van der Waals surface area contributed by atoms with Crippen molar-refractivity contribution < 1.29 is 33.9 Å². The van der Waals surface area contributed by atoms with E-state index in [4.69, 9.17) is 9.47 Å². The first kappa shape index (κ1) is 19.1. The Kier molecular flexibility index (Phi) is 5.89. The number of Topliss-reactive ketones (excluding diaryl/α,β-unsaturated/α-hetero) is 1. The molecule has 7 nitrogen and oxygen atoms in total. The summed E-state index contributed by atoms with van der Waals surface area (Å²) in [6.45, 7) is 4.99. The third-order valence-corrected chi connectivity index (χ3v) is 4.46. The van der Waals surface area contributed by atoms with E-state index in [0.29, 0.717) is 5.56 Å². The van der Waals surface area contributed by atoms with E-state index in [9.17, 15) is 19.5 Å². The lowest BCUT2D eigenvalue weighted by Crippen LogP contribution is -2.55. The maximum absolute atomic E-state index is 12.6. The molecule has 25 heavy (non-hydrogen) atoms. The molecular formula is C18H24NO6+. The van der Waals surface area contributed by atoms with Gasteiger partial charge in [0.15, 0.2) is 18.2 Å². The molecule has 1 aromatic heterocycles. The van der Waals surface area contributed by atoms with Crippen LogP contribution in [0, 0.1) is 11.8 Å². The highest BCUT2D eigenvalue weighted by Crippen LogP contribution is 2.46. The Morgan fingerprint density at radius 2 is 1.92 bits per heavy atom. The quantitative estimate of drug-likeness (QED) is 0.618. The van der Waals surface area contributed by atoms with Crippen LogP contribution in [0.15, 0.2) is 24.5 Å². The molecule has 0 amide bonds. The number of carbonyl (C=O) groups is 3. The minimum Gasteiger partial charge on any atom is -0.466 e. The molecule has 1 heterocycles. The van der Waals surface area contributed by atoms with Crippen molar-refractivity contribution in [2.45, 2.75) is 38.7 Å². The molecule has 1 aromatic rings. The fourth-order valence-electron chi connectivity index (χ4n) is 3.49. The van der Waals surface area contributed by atoms with Crippen LogP contribution < -0.4 is 4.98 Å². The van der Waals surface area contributed by atoms with Gasteiger partial charge in [-0.15, -0.1) is 0 Å². The van der Waals surface area contributed by atoms with Crippen LogP contribution in [0.3, 0.4) is 0 Å². The Labute approximate surface area is 146 Å². The number of hydrogen-bond donors (Lipinski definition) is 1. The zero-order chi connectivity index (χ0) is 18.6. The van der Waals surface area contributed by atoms with Crippen LogP contribution in [0.1, 0.15) is 38.7 Å². The van der Waals surface area contributed by atoms with Gasteiger partial charge in [0.2, 0.25) is 0 Å². The van der Waals surface area contributed by atoms with Crippen molar-refractivity contribution in [3.63, 3.8) is 0 Å². The number of carbonyl (C=O) groups excluding carboxylic acids is 3. The van der Waals surface area contributed by atoms with E-state index >= 15 is 0 Å². The van der Waals surface area contributed by atoms with Crippen LogP contribution in [-0.4, -0.2) is 41.6 Å². The highest BCUT2D eigenvalue weighted by atomic mass is 16.5. The van der Waals surface area contributed by atoms with Crippen LogP contribution >= 0.6 is 0 Å². The van der Waals surface area contributed by atoms with E-state index in [1.807, 2.05) is 0 Å². The highest BCUT2D eigenvalue weighted by Gasteiger charge is 2.57. The lowest BCUT2D eigenvalue weighted by molar-refractivity contribution is -0.379. The Hall–Kier alpha value is -2.28. The molecule has 2 N–H and O–H groups in total. The average Bonchev–Trinajstić information content (AvgIpc) is 2.54. The lowest BCUT2D eigenvalue weighted by Gasteiger charge is -2.43. The van der Waals surface area contributed by atoms with Crippen LogP contribution in [0.2, 0.25) is 0 Å². The standard InChI is InChI=1S/C18H23NO6/c1-4-24-16(21)14-12(20)9-18(3,23)15(17(22)25-5-2)13(14)11-7-6-8-19-10-11/h6-8,10,13-15,23H,4-5,9H2,1-3H3/p+1. The second kappa shape index (κ2) is 7.74. The number of hydrogen-bond acceptors (Lipinski definition) is 6. The summed E-state index contributed by atoms with van der Waals surface area (Å²) < 4.78 is 10.2. The number of pyridine rings is 1. The van der Waals surface area contributed by atoms with Crippen molar-refractivity contribution in [1.29, 1.82) is 0 Å². The first-order valence-electron chi connectivity index (χ1n) is 8.37. The molecule has 1 saturated carbocycles. The summed E-state index contributed by atoms with van der Waals surface area (Å²) in [5.41, 5.74) is -1.06. The van der Waals surface area contributed by atoms with Crippen molar-refractivity contribution in [3.05, 3.63) is 30.1 Å². The summed E-state index contributed by atoms with van der Waals surface area (Å²) >= 11 is 0. The molecule has 0 radical (unpaired) electrons. The summed E-state index contributed by atoms with van der Waals surface area (Å²) in [7, 11) is 0. The normalized spacial score (nSPS) is 29.1. The lowest BCUT2D eigenvalue weighted by atomic mass is 9.62. The van der Waals surface area contributed by atoms with Gasteiger partial charge in [-0.3, -0.25) is 14.4 Å². The van der Waals surface area contributed by atoms with Gasteiger partial charge in [-0.1, -0.05) is 0 Å². The largest absolute Gasteiger partial charge is 0.466 e. The zero-order valence-corrected chi connectivity index (χ0v) is 14.7. The van der Waals surface area contributed by atoms with Gasteiger partial charge in [0, 0.05) is 24.0 Å². The number of ether oxygens (including phenoxy) is 2. The number of nitrogens with one attached hydrogen (secondary N) is 1. The number of aromatic amines is 1. The van der Waals surface area contributed by atoms with E-state index in [0.717, 1.165) is 0 Å². The van der Waals surface area contributed by atoms with Gasteiger partial charge in [-0.05, 0) is 26.8 Å². The number of esters is 2. The molecule has 1 aliphatic rings. The molecule has 4 atom stereocenters. The predicted octanol–water partition coefficient (Wildman–Crippen LogP) is 0.667. The van der Waals surface area contributed by atoms with Crippen LogP contribution in [0.5, 0.6) is 0 Å². The molecule has 0 spiro atoms. The van der Waals surface area contributed by atoms with Gasteiger partial charge in [0.05, 0.1) is 24.7 Å². The van der Waals surface area contributed by atoms with Gasteiger partial charge >= 0.3 is 11.9 Å². The average molecular weight is 350 g/mol. The molecule has 136 valence electrons. The Morgan fingerprint density at radius 1 is 1.28 bits per heavy atom. The molecule has 0 saturated heterocycles. The summed E-state index contributed by atoms with van der Waals surface area (Å²) in [5.74, 6) is -4.86. The highest BCUT2D eigenvalue weighted by molar-refractivity contribution is 6.02. The van der Waals surface area contributed by atoms with E-state index in [2.05, 4.69) is 4.98 Å². The van der Waals surface area contributed by atoms with E-state index in [1.165, 1.54) is 6.92 Å². The number of ketones is 1. The van der Waals surface area contributed by atoms with Gasteiger partial charge in [0.1, 0.15) is 5.92 Å². The molecule has 0 aromatic carbocycles. The van der Waals surface area contributed by atoms with Crippen molar-refractivity contribution in [1.82, 2.24) is 0 Å². The van der Waals surface area contributed by atoms with E-state index in [-0.39, 0.29) is 19.6 Å². The van der Waals surface area contributed by atoms with Gasteiger partial charge in [0.25, 0.3) is 0 Å². The van der Waals surface area contributed by atoms with Crippen molar-refractivity contribution in [2.24, 2.45) is 11.8 Å². The van der Waals surface area contributed by atoms with Gasteiger partial charge in [-0.25, -0.2) is 4.98 Å². The number of aromatic nitrogens is 1. The molecule has 0 bridgehead atoms. The second-order valence-corrected chi connectivity index (χ2v) is 6.32. The minimum absolute atomic E-state index is 0.122. The SMILES string of the molecule is CCOC(=O)C1C(=O)CC(C)(O)C(C(=O)OCC)C1c1ccc[nH+]c1. The molecule has 2 rings (SSSR count). The van der Waals surface area contributed by atoms with Gasteiger partial charge in [-0.2, -0.15) is 0 Å². The topological polar surface area (TPSA) is 104 Å². The minimum atomic E-state index is -1.62. The van der Waals surface area contributed by atoms with Crippen LogP contribution in [0.4, 0.5) is 0 Å². The predicted molar refractivity (Wildman–Crippen MR) is 86.2 cm³/mol. The fourth-order valence-corrected chi connectivity index (χ4v) is 3.49. The summed E-state index contributed by atoms with van der Waals surface area (Å²) in [6, 6.07) is 3.40. The first-order chi connectivity index (χ1) is 11.8. The van der Waals surface area contributed by atoms with E-state index < -0.39 is 41.1 Å². The Bertz CT molecular complexity index is 642. The monoisotopic (exact) mass is 350 g/mol. The van der Waals surface area contributed by atoms with Crippen LogP contribution in [-0.2, 0) is 23.9 Å². The van der Waals surface area contributed by atoms with Crippen molar-refractivity contribution in [3.8, 4) is 0 Å². The Morgan fingerprint density at radius 3 is 2.48 bits per heavy atom. The summed E-state index contributed by atoms with van der Waals surface area (Å²) in [6.07, 6.45) is 2.97. The molecule has 7 heteroatoms. The third kappa shape index (κ3) is 3.87. The summed E-state index contributed by atoms with van der Waals surface area (Å²) in [5, 5.41) is 10.8. The number of rotatable bonds is 5.